The molecule has 1 aromatic heterocycles. The first-order valence-corrected chi connectivity index (χ1v) is 11.3. The summed E-state index contributed by atoms with van der Waals surface area (Å²) < 4.78 is 13.4. The van der Waals surface area contributed by atoms with Gasteiger partial charge < -0.3 is 15.1 Å². The summed E-state index contributed by atoms with van der Waals surface area (Å²) in [6.45, 7) is 6.65. The van der Waals surface area contributed by atoms with Gasteiger partial charge in [-0.25, -0.2) is 9.37 Å². The topological polar surface area (TPSA) is 65.5 Å². The maximum Gasteiger partial charge on any atom is 0.227 e. The molecule has 2 heterocycles. The second-order valence-corrected chi connectivity index (χ2v) is 9.04. The second kappa shape index (κ2) is 8.71. The van der Waals surface area contributed by atoms with Crippen LogP contribution in [0.5, 0.6) is 0 Å². The van der Waals surface area contributed by atoms with Crippen LogP contribution in [0.1, 0.15) is 35.9 Å². The van der Waals surface area contributed by atoms with Gasteiger partial charge in [0.05, 0.1) is 5.69 Å². The number of thiazole rings is 1. The standard InChI is InChI=1S/C22H27FN4O2S/c1-3-20(28)26-8-10-27(11-9-26)22-25-18-7-4-15(13-19(18)30-22)21(29)24-16-5-6-17(23)14(2)12-16/h5-6,12,15H,3-4,7-11,13H2,1-2H3,(H,24,29)/t15-/m0/s1. The van der Waals surface area contributed by atoms with E-state index in [4.69, 9.17) is 4.98 Å². The molecule has 30 heavy (non-hydrogen) atoms. The number of hydrogen-bond donors (Lipinski definition) is 1. The minimum Gasteiger partial charge on any atom is -0.345 e. The molecule has 2 amide bonds. The number of aromatic nitrogens is 1. The first-order valence-electron chi connectivity index (χ1n) is 10.5. The predicted octanol–water partition coefficient (Wildman–Crippen LogP) is 3.39. The number of benzene rings is 1. The average Bonchev–Trinajstić information content (AvgIpc) is 3.19. The number of rotatable bonds is 4. The molecule has 8 heteroatoms. The molecule has 0 radical (unpaired) electrons. The van der Waals surface area contributed by atoms with Crippen molar-refractivity contribution in [3.05, 3.63) is 40.2 Å². The van der Waals surface area contributed by atoms with Crippen molar-refractivity contribution in [2.75, 3.05) is 36.4 Å². The molecular weight excluding hydrogens is 403 g/mol. The van der Waals surface area contributed by atoms with Gasteiger partial charge in [-0.2, -0.15) is 0 Å². The molecule has 1 N–H and O–H groups in total. The third kappa shape index (κ3) is 4.33. The first kappa shape index (κ1) is 20.8. The maximum absolute atomic E-state index is 13.4. The van der Waals surface area contributed by atoms with Crippen LogP contribution in [-0.2, 0) is 22.4 Å². The number of aryl methyl sites for hydroxylation is 2. The molecule has 6 nitrogen and oxygen atoms in total. The van der Waals surface area contributed by atoms with Gasteiger partial charge in [-0.15, -0.1) is 11.3 Å². The third-order valence-corrected chi connectivity index (χ3v) is 7.11. The van der Waals surface area contributed by atoms with Crippen LogP contribution >= 0.6 is 11.3 Å². The summed E-state index contributed by atoms with van der Waals surface area (Å²) in [6, 6.07) is 4.64. The Morgan fingerprint density at radius 3 is 2.73 bits per heavy atom. The summed E-state index contributed by atoms with van der Waals surface area (Å²) >= 11 is 1.67. The molecule has 0 spiro atoms. The highest BCUT2D eigenvalue weighted by molar-refractivity contribution is 7.15. The molecule has 0 unspecified atom stereocenters. The number of hydrogen-bond acceptors (Lipinski definition) is 5. The van der Waals surface area contributed by atoms with Crippen molar-refractivity contribution < 1.29 is 14.0 Å². The van der Waals surface area contributed by atoms with E-state index in [-0.39, 0.29) is 23.5 Å². The number of piperazine rings is 1. The van der Waals surface area contributed by atoms with Crippen LogP contribution < -0.4 is 10.2 Å². The summed E-state index contributed by atoms with van der Waals surface area (Å²) in [5.74, 6) is -0.186. The summed E-state index contributed by atoms with van der Waals surface area (Å²) in [5.41, 5.74) is 2.25. The van der Waals surface area contributed by atoms with Crippen molar-refractivity contribution >= 4 is 34.0 Å². The molecule has 160 valence electrons. The van der Waals surface area contributed by atoms with Gasteiger partial charge in [0, 0.05) is 49.1 Å². The van der Waals surface area contributed by atoms with Crippen LogP contribution in [0, 0.1) is 18.7 Å². The number of carbonyl (C=O) groups excluding carboxylic acids is 2. The Hall–Kier alpha value is -2.48. The number of fused-ring (bicyclic) bond motifs is 1. The van der Waals surface area contributed by atoms with Crippen molar-refractivity contribution in [2.24, 2.45) is 5.92 Å². The fourth-order valence-corrected chi connectivity index (χ4v) is 5.30. The highest BCUT2D eigenvalue weighted by Crippen LogP contribution is 2.35. The van der Waals surface area contributed by atoms with Crippen molar-refractivity contribution in [1.29, 1.82) is 0 Å². The Morgan fingerprint density at radius 1 is 1.27 bits per heavy atom. The van der Waals surface area contributed by atoms with Crippen LogP contribution in [0.25, 0.3) is 0 Å². The van der Waals surface area contributed by atoms with E-state index in [1.165, 1.54) is 10.9 Å². The van der Waals surface area contributed by atoms with E-state index in [9.17, 15) is 14.0 Å². The van der Waals surface area contributed by atoms with Crippen molar-refractivity contribution in [3.8, 4) is 0 Å². The molecule has 1 fully saturated rings. The lowest BCUT2D eigenvalue weighted by Crippen LogP contribution is -2.48. The number of nitrogens with one attached hydrogen (secondary N) is 1. The van der Waals surface area contributed by atoms with Crippen LogP contribution in [0.2, 0.25) is 0 Å². The van der Waals surface area contributed by atoms with Crippen molar-refractivity contribution in [3.63, 3.8) is 0 Å². The summed E-state index contributed by atoms with van der Waals surface area (Å²) in [7, 11) is 0. The third-order valence-electron chi connectivity index (χ3n) is 5.93. The number of anilines is 2. The van der Waals surface area contributed by atoms with Crippen LogP contribution in [0.15, 0.2) is 18.2 Å². The normalized spacial score (nSPS) is 18.8. The number of amides is 2. The lowest BCUT2D eigenvalue weighted by molar-refractivity contribution is -0.131. The average molecular weight is 431 g/mol. The van der Waals surface area contributed by atoms with Gasteiger partial charge >= 0.3 is 0 Å². The number of halogens is 1. The fraction of sp³-hybridized carbons (Fsp3) is 0.500. The first-order chi connectivity index (χ1) is 14.4. The van der Waals surface area contributed by atoms with E-state index in [0.29, 0.717) is 24.1 Å². The van der Waals surface area contributed by atoms with Gasteiger partial charge in [0.1, 0.15) is 5.82 Å². The Morgan fingerprint density at radius 2 is 2.03 bits per heavy atom. The van der Waals surface area contributed by atoms with Crippen LogP contribution in [0.4, 0.5) is 15.2 Å². The minimum atomic E-state index is -0.271. The van der Waals surface area contributed by atoms with Crippen molar-refractivity contribution in [2.45, 2.75) is 39.5 Å². The highest BCUT2D eigenvalue weighted by atomic mass is 32.1. The van der Waals surface area contributed by atoms with E-state index < -0.39 is 0 Å². The molecule has 0 saturated carbocycles. The maximum atomic E-state index is 13.4. The zero-order valence-corrected chi connectivity index (χ0v) is 18.2. The van der Waals surface area contributed by atoms with Gasteiger partial charge in [0.15, 0.2) is 5.13 Å². The zero-order valence-electron chi connectivity index (χ0n) is 17.4. The minimum absolute atomic E-state index is 0.0201. The van der Waals surface area contributed by atoms with Gasteiger partial charge in [0.25, 0.3) is 0 Å². The van der Waals surface area contributed by atoms with E-state index in [1.807, 2.05) is 11.8 Å². The monoisotopic (exact) mass is 430 g/mol. The Labute approximate surface area is 180 Å². The van der Waals surface area contributed by atoms with Gasteiger partial charge in [0.2, 0.25) is 11.8 Å². The summed E-state index contributed by atoms with van der Waals surface area (Å²) in [6.07, 6.45) is 2.79. The van der Waals surface area contributed by atoms with Gasteiger partial charge in [-0.1, -0.05) is 6.92 Å². The summed E-state index contributed by atoms with van der Waals surface area (Å²) in [4.78, 5) is 34.8. The molecule has 2 aromatic rings. The van der Waals surface area contributed by atoms with E-state index >= 15 is 0 Å². The van der Waals surface area contributed by atoms with E-state index in [0.717, 1.165) is 49.8 Å². The molecule has 1 atom stereocenters. The molecule has 4 rings (SSSR count). The number of carbonyl (C=O) groups is 2. The number of nitrogens with zero attached hydrogens (tertiary/aromatic N) is 3. The zero-order chi connectivity index (χ0) is 21.3. The SMILES string of the molecule is CCC(=O)N1CCN(c2nc3c(s2)C[C@@H](C(=O)Nc2ccc(F)c(C)c2)CC3)CC1. The highest BCUT2D eigenvalue weighted by Gasteiger charge is 2.29. The summed E-state index contributed by atoms with van der Waals surface area (Å²) in [5, 5.41) is 3.93. The largest absolute Gasteiger partial charge is 0.345 e. The van der Waals surface area contributed by atoms with Crippen molar-refractivity contribution in [1.82, 2.24) is 9.88 Å². The molecule has 1 saturated heterocycles. The Bertz CT molecular complexity index is 953. The molecule has 0 bridgehead atoms. The van der Waals surface area contributed by atoms with Gasteiger partial charge in [-0.05, 0) is 49.9 Å². The van der Waals surface area contributed by atoms with Crippen LogP contribution in [-0.4, -0.2) is 47.9 Å². The second-order valence-electron chi connectivity index (χ2n) is 7.98. The molecule has 1 aromatic carbocycles. The van der Waals surface area contributed by atoms with E-state index in [1.54, 1.807) is 30.4 Å². The molecule has 1 aliphatic carbocycles. The molecule has 2 aliphatic rings. The predicted molar refractivity (Wildman–Crippen MR) is 116 cm³/mol. The Kier molecular flexibility index (Phi) is 6.04. The molecule has 1 aliphatic heterocycles. The molecular formula is C22H27FN4O2S. The quantitative estimate of drug-likeness (QED) is 0.808. The van der Waals surface area contributed by atoms with E-state index in [2.05, 4.69) is 10.2 Å². The smallest absolute Gasteiger partial charge is 0.227 e. The van der Waals surface area contributed by atoms with Gasteiger partial charge in [-0.3, -0.25) is 9.59 Å². The van der Waals surface area contributed by atoms with Crippen LogP contribution in [0.3, 0.4) is 0 Å². The lowest BCUT2D eigenvalue weighted by Gasteiger charge is -2.34. The lowest BCUT2D eigenvalue weighted by atomic mass is 9.90. The fourth-order valence-electron chi connectivity index (χ4n) is 4.06. The Balaban J connectivity index is 1.37.